The van der Waals surface area contributed by atoms with Crippen LogP contribution in [0.1, 0.15) is 33.1 Å². The van der Waals surface area contributed by atoms with E-state index in [1.807, 2.05) is 13.8 Å². The summed E-state index contributed by atoms with van der Waals surface area (Å²) in [6.07, 6.45) is 2.71. The van der Waals surface area contributed by atoms with Gasteiger partial charge >= 0.3 is 0 Å². The Hall–Kier alpha value is 1.26. The van der Waals surface area contributed by atoms with Crippen molar-refractivity contribution in [1.82, 2.24) is 0 Å². The van der Waals surface area contributed by atoms with Gasteiger partial charge in [0.05, 0.1) is 10.5 Å². The fourth-order valence-electron chi connectivity index (χ4n) is 3.23. The minimum Gasteiger partial charge on any atom is -0.353 e. The van der Waals surface area contributed by atoms with E-state index in [0.29, 0.717) is 0 Å². The Morgan fingerprint density at radius 2 is 2.00 bits per heavy atom. The molecule has 0 amide bonds. The molecule has 122 valence electrons. The van der Waals surface area contributed by atoms with Crippen molar-refractivity contribution in [3.8, 4) is 0 Å². The summed E-state index contributed by atoms with van der Waals surface area (Å²) < 4.78 is 31.9. The van der Waals surface area contributed by atoms with Crippen LogP contribution in [0, 0.1) is 0 Å². The van der Waals surface area contributed by atoms with Gasteiger partial charge in [0.1, 0.15) is 12.2 Å². The molecule has 3 heterocycles. The lowest BCUT2D eigenvalue weighted by Crippen LogP contribution is -2.44. The van der Waals surface area contributed by atoms with Gasteiger partial charge in [-0.1, -0.05) is 45.2 Å². The van der Waals surface area contributed by atoms with Crippen molar-refractivity contribution in [2.24, 2.45) is 0 Å². The molecule has 0 spiro atoms. The summed E-state index contributed by atoms with van der Waals surface area (Å²) in [6, 6.07) is 0. The number of ether oxygens (including phenoxy) is 5. The van der Waals surface area contributed by atoms with E-state index in [4.69, 9.17) is 23.7 Å². The monoisotopic (exact) mass is 524 g/mol. The molecule has 0 aromatic carbocycles. The second kappa shape index (κ2) is 6.64. The largest absolute Gasteiger partial charge is 0.353 e. The first-order chi connectivity index (χ1) is 10.00. The van der Waals surface area contributed by atoms with E-state index >= 15 is 0 Å². The lowest BCUT2D eigenvalue weighted by Gasteiger charge is -2.30. The van der Waals surface area contributed by atoms with Crippen molar-refractivity contribution < 1.29 is 23.7 Å². The fraction of sp³-hybridized carbons (Fsp3) is 1.00. The number of rotatable bonds is 4. The van der Waals surface area contributed by atoms with Crippen LogP contribution in [0.15, 0.2) is 0 Å². The molecule has 0 aliphatic carbocycles. The molecule has 5 nitrogen and oxygen atoms in total. The summed E-state index contributed by atoms with van der Waals surface area (Å²) in [5.41, 5.74) is 0. The van der Waals surface area contributed by atoms with Gasteiger partial charge in [0.25, 0.3) is 0 Å². The molecule has 1 unspecified atom stereocenters. The molecule has 0 aromatic rings. The van der Waals surface area contributed by atoms with Gasteiger partial charge in [-0.2, -0.15) is 0 Å². The number of halogens is 2. The molecule has 0 N–H and O–H groups in total. The zero-order valence-electron chi connectivity index (χ0n) is 12.3. The van der Waals surface area contributed by atoms with E-state index in [0.717, 1.165) is 34.7 Å². The Kier molecular flexibility index (Phi) is 5.40. The lowest BCUT2D eigenvalue weighted by molar-refractivity contribution is -0.260. The molecule has 7 heteroatoms. The summed E-state index contributed by atoms with van der Waals surface area (Å²) in [4.78, 5) is 0. The summed E-state index contributed by atoms with van der Waals surface area (Å²) in [5, 5.41) is 0. The van der Waals surface area contributed by atoms with Crippen LogP contribution in [0.4, 0.5) is 0 Å². The second-order valence-corrected chi connectivity index (χ2v) is 7.84. The lowest BCUT2D eigenvalue weighted by atomic mass is 10.1. The molecule has 3 fully saturated rings. The topological polar surface area (TPSA) is 46.2 Å². The molecule has 5 atom stereocenters. The van der Waals surface area contributed by atoms with E-state index < -0.39 is 11.6 Å². The van der Waals surface area contributed by atoms with Crippen LogP contribution >= 0.6 is 45.2 Å². The zero-order chi connectivity index (χ0) is 15.1. The highest BCUT2D eigenvalue weighted by molar-refractivity contribution is 14.1. The van der Waals surface area contributed by atoms with Crippen LogP contribution in [-0.4, -0.2) is 51.6 Å². The summed E-state index contributed by atoms with van der Waals surface area (Å²) >= 11 is 4.63. The smallest absolute Gasteiger partial charge is 0.210 e. The number of fused-ring (bicyclic) bond motifs is 1. The van der Waals surface area contributed by atoms with Gasteiger partial charge < -0.3 is 23.7 Å². The molecule has 3 saturated heterocycles. The van der Waals surface area contributed by atoms with E-state index in [1.165, 1.54) is 0 Å². The Balaban J connectivity index is 1.76. The summed E-state index contributed by atoms with van der Waals surface area (Å²) in [5.74, 6) is -1.33. The third kappa shape index (κ3) is 3.39. The van der Waals surface area contributed by atoms with Gasteiger partial charge in [-0.25, -0.2) is 0 Å². The average Bonchev–Trinajstić information content (AvgIpc) is 2.89. The van der Waals surface area contributed by atoms with Crippen molar-refractivity contribution >= 4 is 45.2 Å². The van der Waals surface area contributed by atoms with Crippen molar-refractivity contribution in [3.05, 3.63) is 0 Å². The van der Waals surface area contributed by atoms with Gasteiger partial charge in [-0.15, -0.1) is 0 Å². The third-order valence-electron chi connectivity index (χ3n) is 4.06. The van der Waals surface area contributed by atoms with Crippen molar-refractivity contribution in [2.45, 2.75) is 69.3 Å². The Labute approximate surface area is 153 Å². The van der Waals surface area contributed by atoms with Gasteiger partial charge in [0, 0.05) is 11.0 Å². The third-order valence-corrected chi connectivity index (χ3v) is 5.99. The normalized spacial score (nSPS) is 45.7. The molecular weight excluding hydrogens is 502 g/mol. The van der Waals surface area contributed by atoms with Crippen LogP contribution in [0.2, 0.25) is 0 Å². The second-order valence-electron chi connectivity index (χ2n) is 6.19. The van der Waals surface area contributed by atoms with E-state index in [1.54, 1.807) is 0 Å². The summed E-state index contributed by atoms with van der Waals surface area (Å²) in [6.45, 7) is 4.63. The van der Waals surface area contributed by atoms with Gasteiger partial charge in [-0.3, -0.25) is 0 Å². The molecule has 3 rings (SSSR count). The Bertz CT molecular complexity index is 374. The van der Waals surface area contributed by atoms with Crippen LogP contribution in [-0.2, 0) is 23.7 Å². The van der Waals surface area contributed by atoms with Crippen molar-refractivity contribution in [2.75, 3.05) is 15.5 Å². The minimum atomic E-state index is -0.695. The van der Waals surface area contributed by atoms with E-state index in [-0.39, 0.29) is 24.6 Å². The highest BCUT2D eigenvalue weighted by Crippen LogP contribution is 2.48. The van der Waals surface area contributed by atoms with E-state index in [2.05, 4.69) is 45.2 Å². The van der Waals surface area contributed by atoms with Crippen LogP contribution < -0.4 is 0 Å². The maximum Gasteiger partial charge on any atom is 0.210 e. The van der Waals surface area contributed by atoms with Crippen LogP contribution in [0.25, 0.3) is 0 Å². The molecule has 0 radical (unpaired) electrons. The number of hydrogen-bond acceptors (Lipinski definition) is 5. The molecular formula is C14H22I2O5. The Morgan fingerprint density at radius 1 is 1.19 bits per heavy atom. The van der Waals surface area contributed by atoms with Gasteiger partial charge in [0.15, 0.2) is 12.1 Å². The van der Waals surface area contributed by atoms with E-state index in [9.17, 15) is 0 Å². The van der Waals surface area contributed by atoms with Crippen LogP contribution in [0.3, 0.4) is 0 Å². The SMILES string of the molecule is CC1(C)O[C@H]2[C@H](OC3CCCCO3)[C@H](CI)O[C@@]2(CI)O1. The average molecular weight is 524 g/mol. The quantitative estimate of drug-likeness (QED) is 0.419. The maximum absolute atomic E-state index is 6.23. The van der Waals surface area contributed by atoms with Crippen LogP contribution in [0.5, 0.6) is 0 Å². The minimum absolute atomic E-state index is 0.0213. The molecule has 3 aliphatic rings. The first-order valence-electron chi connectivity index (χ1n) is 7.44. The predicted molar refractivity (Wildman–Crippen MR) is 93.9 cm³/mol. The van der Waals surface area contributed by atoms with Crippen molar-refractivity contribution in [3.63, 3.8) is 0 Å². The summed E-state index contributed by atoms with van der Waals surface area (Å²) in [7, 11) is 0. The van der Waals surface area contributed by atoms with Gasteiger partial charge in [-0.05, 0) is 33.1 Å². The standard InChI is InChI=1S/C14H22I2O5/c1-13(2)20-12-11(18-10-5-3-4-6-17-10)9(7-15)19-14(12,8-16)21-13/h9-12H,3-8H2,1-2H3/t9-,10?,11+,12-,14-/m0/s1. The predicted octanol–water partition coefficient (Wildman–Crippen LogP) is 3.01. The molecule has 0 bridgehead atoms. The zero-order valence-corrected chi connectivity index (χ0v) is 16.7. The fourth-order valence-corrected chi connectivity index (χ4v) is 4.68. The maximum atomic E-state index is 6.23. The molecule has 21 heavy (non-hydrogen) atoms. The van der Waals surface area contributed by atoms with Gasteiger partial charge in [0.2, 0.25) is 5.79 Å². The first kappa shape index (κ1) is 17.1. The molecule has 0 aromatic heterocycles. The highest BCUT2D eigenvalue weighted by Gasteiger charge is 2.65. The highest BCUT2D eigenvalue weighted by atomic mass is 127. The first-order valence-corrected chi connectivity index (χ1v) is 10.5. The Morgan fingerprint density at radius 3 is 2.62 bits per heavy atom. The molecule has 0 saturated carbocycles. The molecule has 3 aliphatic heterocycles. The number of alkyl halides is 2. The number of hydrogen-bond donors (Lipinski definition) is 0. The van der Waals surface area contributed by atoms with Crippen molar-refractivity contribution in [1.29, 1.82) is 0 Å².